The van der Waals surface area contributed by atoms with Crippen LogP contribution in [0.2, 0.25) is 0 Å². The van der Waals surface area contributed by atoms with Crippen molar-refractivity contribution in [3.63, 3.8) is 0 Å². The maximum absolute atomic E-state index is 12.0. The first kappa shape index (κ1) is 14.2. The van der Waals surface area contributed by atoms with Crippen molar-refractivity contribution in [1.29, 1.82) is 0 Å². The minimum Gasteiger partial charge on any atom is -0.399 e. The second-order valence-corrected chi connectivity index (χ2v) is 6.40. The largest absolute Gasteiger partial charge is 0.399 e. The van der Waals surface area contributed by atoms with Crippen LogP contribution in [0.15, 0.2) is 18.2 Å². The molecule has 1 aliphatic heterocycles. The lowest BCUT2D eigenvalue weighted by molar-refractivity contribution is -0.117. The van der Waals surface area contributed by atoms with Crippen molar-refractivity contribution in [2.75, 3.05) is 37.3 Å². The molecule has 112 valence electrons. The topological polar surface area (TPSA) is 91.5 Å². The van der Waals surface area contributed by atoms with Crippen LogP contribution in [0.1, 0.15) is 6.42 Å². The van der Waals surface area contributed by atoms with Crippen molar-refractivity contribution in [1.82, 2.24) is 9.88 Å². The van der Waals surface area contributed by atoms with Crippen LogP contribution in [0.25, 0.3) is 10.2 Å². The van der Waals surface area contributed by atoms with Gasteiger partial charge in [0.15, 0.2) is 5.13 Å². The molecule has 1 amide bonds. The minimum absolute atomic E-state index is 0.0689. The van der Waals surface area contributed by atoms with Crippen LogP contribution in [0.5, 0.6) is 0 Å². The number of aromatic nitrogens is 1. The first-order valence-electron chi connectivity index (χ1n) is 6.93. The fourth-order valence-electron chi connectivity index (χ4n) is 2.56. The van der Waals surface area contributed by atoms with Crippen LogP contribution in [0.3, 0.4) is 0 Å². The van der Waals surface area contributed by atoms with E-state index >= 15 is 0 Å². The number of carbonyl (C=O) groups excluding carboxylic acids is 1. The SMILES string of the molecule is Nc1ccc2nc(NC(=O)CN3CCC(CO)C3)sc2c1. The Morgan fingerprint density at radius 2 is 2.43 bits per heavy atom. The number of benzene rings is 1. The van der Waals surface area contributed by atoms with E-state index in [1.165, 1.54) is 11.3 Å². The summed E-state index contributed by atoms with van der Waals surface area (Å²) in [4.78, 5) is 18.5. The summed E-state index contributed by atoms with van der Waals surface area (Å²) >= 11 is 1.42. The molecule has 2 aromatic rings. The summed E-state index contributed by atoms with van der Waals surface area (Å²) in [7, 11) is 0. The number of hydrogen-bond acceptors (Lipinski definition) is 6. The van der Waals surface area contributed by atoms with Crippen LogP contribution < -0.4 is 11.1 Å². The highest BCUT2D eigenvalue weighted by Gasteiger charge is 2.23. The fourth-order valence-corrected chi connectivity index (χ4v) is 3.49. The molecular formula is C14H18N4O2S. The molecule has 7 heteroatoms. The van der Waals surface area contributed by atoms with E-state index in [1.807, 2.05) is 12.1 Å². The van der Waals surface area contributed by atoms with Gasteiger partial charge in [0, 0.05) is 18.8 Å². The molecule has 21 heavy (non-hydrogen) atoms. The number of carbonyl (C=O) groups is 1. The van der Waals surface area contributed by atoms with Gasteiger partial charge >= 0.3 is 0 Å². The number of anilines is 2. The van der Waals surface area contributed by atoms with E-state index in [0.717, 1.165) is 29.7 Å². The number of aliphatic hydroxyl groups is 1. The van der Waals surface area contributed by atoms with Gasteiger partial charge in [0.25, 0.3) is 0 Å². The van der Waals surface area contributed by atoms with Gasteiger partial charge in [0.2, 0.25) is 5.91 Å². The first-order valence-corrected chi connectivity index (χ1v) is 7.75. The number of likely N-dealkylation sites (tertiary alicyclic amines) is 1. The number of nitrogen functional groups attached to an aromatic ring is 1. The molecule has 0 radical (unpaired) electrons. The summed E-state index contributed by atoms with van der Waals surface area (Å²) in [5, 5.41) is 12.5. The number of nitrogens with zero attached hydrogens (tertiary/aromatic N) is 2. The van der Waals surface area contributed by atoms with Crippen molar-refractivity contribution in [2.24, 2.45) is 5.92 Å². The third-order valence-electron chi connectivity index (χ3n) is 3.65. The molecule has 0 aliphatic carbocycles. The quantitative estimate of drug-likeness (QED) is 0.737. The van der Waals surface area contributed by atoms with Gasteiger partial charge in [-0.05, 0) is 37.1 Å². The summed E-state index contributed by atoms with van der Waals surface area (Å²) < 4.78 is 0.965. The molecule has 1 fully saturated rings. The molecule has 1 aromatic heterocycles. The maximum atomic E-state index is 12.0. The summed E-state index contributed by atoms with van der Waals surface area (Å²) in [5.74, 6) is 0.226. The van der Waals surface area contributed by atoms with Crippen LogP contribution in [-0.2, 0) is 4.79 Å². The first-order chi connectivity index (χ1) is 10.1. The van der Waals surface area contributed by atoms with Gasteiger partial charge < -0.3 is 16.2 Å². The molecule has 1 atom stereocenters. The monoisotopic (exact) mass is 306 g/mol. The van der Waals surface area contributed by atoms with Crippen LogP contribution in [0, 0.1) is 5.92 Å². The predicted octanol–water partition coefficient (Wildman–Crippen LogP) is 1.13. The van der Waals surface area contributed by atoms with Crippen molar-refractivity contribution < 1.29 is 9.90 Å². The van der Waals surface area contributed by atoms with Crippen molar-refractivity contribution >= 4 is 38.3 Å². The van der Waals surface area contributed by atoms with Crippen LogP contribution in [0.4, 0.5) is 10.8 Å². The molecular weight excluding hydrogens is 288 g/mol. The second-order valence-electron chi connectivity index (χ2n) is 5.37. The van der Waals surface area contributed by atoms with E-state index in [2.05, 4.69) is 15.2 Å². The Balaban J connectivity index is 1.61. The molecule has 1 saturated heterocycles. The van der Waals surface area contributed by atoms with Crippen LogP contribution in [-0.4, -0.2) is 47.1 Å². The Bertz CT molecular complexity index is 657. The Morgan fingerprint density at radius 3 is 3.19 bits per heavy atom. The van der Waals surface area contributed by atoms with E-state index in [-0.39, 0.29) is 12.5 Å². The minimum atomic E-state index is -0.0689. The molecule has 3 rings (SSSR count). The maximum Gasteiger partial charge on any atom is 0.240 e. The third-order valence-corrected chi connectivity index (χ3v) is 4.59. The lowest BCUT2D eigenvalue weighted by Crippen LogP contribution is -2.31. The Hall–Kier alpha value is -1.70. The molecule has 4 N–H and O–H groups in total. The summed E-state index contributed by atoms with van der Waals surface area (Å²) in [6, 6.07) is 5.50. The number of rotatable bonds is 4. The second kappa shape index (κ2) is 5.97. The van der Waals surface area contributed by atoms with E-state index < -0.39 is 0 Å². The highest BCUT2D eigenvalue weighted by atomic mass is 32.1. The number of nitrogens with two attached hydrogens (primary N) is 1. The average Bonchev–Trinajstić information content (AvgIpc) is 3.04. The van der Waals surface area contributed by atoms with E-state index in [4.69, 9.17) is 10.8 Å². The zero-order valence-electron chi connectivity index (χ0n) is 11.6. The summed E-state index contributed by atoms with van der Waals surface area (Å²) in [6.45, 7) is 2.17. The zero-order valence-corrected chi connectivity index (χ0v) is 12.4. The Labute approximate surface area is 126 Å². The van der Waals surface area contributed by atoms with Gasteiger partial charge in [-0.3, -0.25) is 9.69 Å². The highest BCUT2D eigenvalue weighted by molar-refractivity contribution is 7.22. The molecule has 1 unspecified atom stereocenters. The lowest BCUT2D eigenvalue weighted by atomic mass is 10.1. The Morgan fingerprint density at radius 1 is 1.57 bits per heavy atom. The molecule has 0 bridgehead atoms. The van der Waals surface area contributed by atoms with Gasteiger partial charge in [-0.1, -0.05) is 11.3 Å². The predicted molar refractivity (Wildman–Crippen MR) is 84.3 cm³/mol. The average molecular weight is 306 g/mol. The normalized spacial score (nSPS) is 19.2. The third kappa shape index (κ3) is 3.31. The number of thiazole rings is 1. The van der Waals surface area contributed by atoms with Gasteiger partial charge in [-0.2, -0.15) is 0 Å². The number of fused-ring (bicyclic) bond motifs is 1. The smallest absolute Gasteiger partial charge is 0.240 e. The van der Waals surface area contributed by atoms with E-state index in [9.17, 15) is 4.79 Å². The molecule has 0 spiro atoms. The number of aliphatic hydroxyl groups excluding tert-OH is 1. The Kier molecular flexibility index (Phi) is 4.05. The van der Waals surface area contributed by atoms with Gasteiger partial charge in [0.05, 0.1) is 16.8 Å². The molecule has 0 saturated carbocycles. The van der Waals surface area contributed by atoms with Gasteiger partial charge in [0.1, 0.15) is 0 Å². The fraction of sp³-hybridized carbons (Fsp3) is 0.429. The molecule has 1 aromatic carbocycles. The van der Waals surface area contributed by atoms with E-state index in [1.54, 1.807) is 6.07 Å². The van der Waals surface area contributed by atoms with E-state index in [0.29, 0.717) is 23.3 Å². The van der Waals surface area contributed by atoms with Crippen molar-refractivity contribution in [2.45, 2.75) is 6.42 Å². The van der Waals surface area contributed by atoms with Crippen LogP contribution >= 0.6 is 11.3 Å². The number of amides is 1. The highest BCUT2D eigenvalue weighted by Crippen LogP contribution is 2.27. The zero-order chi connectivity index (χ0) is 14.8. The molecule has 1 aliphatic rings. The van der Waals surface area contributed by atoms with Gasteiger partial charge in [-0.15, -0.1) is 0 Å². The summed E-state index contributed by atoms with van der Waals surface area (Å²) in [5.41, 5.74) is 7.26. The molecule has 6 nitrogen and oxygen atoms in total. The summed E-state index contributed by atoms with van der Waals surface area (Å²) in [6.07, 6.45) is 0.949. The standard InChI is InChI=1S/C14H18N4O2S/c15-10-1-2-11-12(5-10)21-14(16-11)17-13(20)7-18-4-3-9(6-18)8-19/h1-2,5,9,19H,3-4,6-8,15H2,(H,16,17,20). The number of nitrogens with one attached hydrogen (secondary N) is 1. The molecule has 2 heterocycles. The number of hydrogen-bond donors (Lipinski definition) is 3. The lowest BCUT2D eigenvalue weighted by Gasteiger charge is -2.14. The van der Waals surface area contributed by atoms with Gasteiger partial charge in [-0.25, -0.2) is 4.98 Å². The van der Waals surface area contributed by atoms with Crippen molar-refractivity contribution in [3.8, 4) is 0 Å². The van der Waals surface area contributed by atoms with Crippen molar-refractivity contribution in [3.05, 3.63) is 18.2 Å².